The summed E-state index contributed by atoms with van der Waals surface area (Å²) in [5.41, 5.74) is 5.62. The summed E-state index contributed by atoms with van der Waals surface area (Å²) in [6, 6.07) is 14.1. The number of rotatable bonds is 6. The molecule has 22 heavy (non-hydrogen) atoms. The highest BCUT2D eigenvalue weighted by molar-refractivity contribution is 5.94. The van der Waals surface area contributed by atoms with E-state index in [-0.39, 0.29) is 12.5 Å². The number of para-hydroxylation sites is 1. The molecule has 3 nitrogen and oxygen atoms in total. The molecule has 0 saturated carbocycles. The van der Waals surface area contributed by atoms with Gasteiger partial charge in [-0.2, -0.15) is 0 Å². The Labute approximate surface area is 132 Å². The van der Waals surface area contributed by atoms with Crippen LogP contribution in [0.15, 0.2) is 42.5 Å². The zero-order valence-electron chi connectivity index (χ0n) is 13.6. The molecule has 1 amide bonds. The Morgan fingerprint density at radius 3 is 2.09 bits per heavy atom. The minimum absolute atomic E-state index is 0.0307. The Hall–Kier alpha value is -2.29. The molecule has 0 aliphatic heterocycles. The van der Waals surface area contributed by atoms with Crippen LogP contribution in [0.2, 0.25) is 0 Å². The van der Waals surface area contributed by atoms with E-state index in [2.05, 4.69) is 42.7 Å². The summed E-state index contributed by atoms with van der Waals surface area (Å²) >= 11 is 0. The topological polar surface area (TPSA) is 41.1 Å². The van der Waals surface area contributed by atoms with Gasteiger partial charge in [0, 0.05) is 11.4 Å². The molecule has 2 rings (SSSR count). The second-order valence-corrected chi connectivity index (χ2v) is 5.43. The van der Waals surface area contributed by atoms with Gasteiger partial charge in [0.15, 0.2) is 0 Å². The number of hydrogen-bond donors (Lipinski definition) is 2. The first-order valence-electron chi connectivity index (χ1n) is 7.85. The minimum Gasteiger partial charge on any atom is -0.376 e. The summed E-state index contributed by atoms with van der Waals surface area (Å²) in [6.07, 6.45) is 1.91. The second kappa shape index (κ2) is 7.64. The number of amides is 1. The molecule has 0 heterocycles. The van der Waals surface area contributed by atoms with Gasteiger partial charge >= 0.3 is 0 Å². The van der Waals surface area contributed by atoms with E-state index in [4.69, 9.17) is 0 Å². The third kappa shape index (κ3) is 4.10. The third-order valence-corrected chi connectivity index (χ3v) is 3.76. The zero-order valence-corrected chi connectivity index (χ0v) is 13.6. The molecule has 0 saturated heterocycles. The lowest BCUT2D eigenvalue weighted by molar-refractivity contribution is -0.114. The van der Waals surface area contributed by atoms with Crippen LogP contribution in [0.3, 0.4) is 0 Å². The molecular formula is C19H24N2O. The highest BCUT2D eigenvalue weighted by Gasteiger charge is 2.08. The Balaban J connectivity index is 2.00. The van der Waals surface area contributed by atoms with Crippen LogP contribution in [-0.2, 0) is 17.6 Å². The molecule has 2 aromatic rings. The normalized spacial score (nSPS) is 10.3. The van der Waals surface area contributed by atoms with E-state index in [0.29, 0.717) is 0 Å². The lowest BCUT2D eigenvalue weighted by Crippen LogP contribution is -2.22. The van der Waals surface area contributed by atoms with E-state index in [0.717, 1.165) is 24.2 Å². The SMILES string of the molecule is CCc1cccc(CC)c1NCC(=O)Nc1ccc(C)cc1. The highest BCUT2D eigenvalue weighted by atomic mass is 16.1. The van der Waals surface area contributed by atoms with Crippen molar-refractivity contribution in [1.82, 2.24) is 0 Å². The van der Waals surface area contributed by atoms with Crippen LogP contribution >= 0.6 is 0 Å². The first-order valence-corrected chi connectivity index (χ1v) is 7.85. The van der Waals surface area contributed by atoms with Crippen molar-refractivity contribution in [2.24, 2.45) is 0 Å². The first kappa shape index (κ1) is 16.1. The van der Waals surface area contributed by atoms with Crippen molar-refractivity contribution in [3.05, 3.63) is 59.2 Å². The van der Waals surface area contributed by atoms with Gasteiger partial charge in [-0.15, -0.1) is 0 Å². The molecule has 2 aromatic carbocycles. The molecule has 0 fully saturated rings. The average molecular weight is 296 g/mol. The molecule has 0 aromatic heterocycles. The summed E-state index contributed by atoms with van der Waals surface area (Å²) in [5.74, 6) is -0.0307. The lowest BCUT2D eigenvalue weighted by Gasteiger charge is -2.15. The van der Waals surface area contributed by atoms with Crippen molar-refractivity contribution in [1.29, 1.82) is 0 Å². The largest absolute Gasteiger partial charge is 0.376 e. The summed E-state index contributed by atoms with van der Waals surface area (Å²) < 4.78 is 0. The van der Waals surface area contributed by atoms with Crippen molar-refractivity contribution >= 4 is 17.3 Å². The van der Waals surface area contributed by atoms with Gasteiger partial charge in [0.2, 0.25) is 5.91 Å². The van der Waals surface area contributed by atoms with Gasteiger partial charge in [0.05, 0.1) is 6.54 Å². The van der Waals surface area contributed by atoms with Crippen molar-refractivity contribution in [2.45, 2.75) is 33.6 Å². The second-order valence-electron chi connectivity index (χ2n) is 5.43. The van der Waals surface area contributed by atoms with Gasteiger partial charge in [-0.05, 0) is 43.0 Å². The Bertz CT molecular complexity index is 610. The van der Waals surface area contributed by atoms with E-state index in [1.807, 2.05) is 31.2 Å². The van der Waals surface area contributed by atoms with Crippen LogP contribution < -0.4 is 10.6 Å². The van der Waals surface area contributed by atoms with Gasteiger partial charge in [-0.1, -0.05) is 49.7 Å². The molecule has 0 aliphatic carbocycles. The Morgan fingerprint density at radius 2 is 1.55 bits per heavy atom. The van der Waals surface area contributed by atoms with Crippen LogP contribution in [-0.4, -0.2) is 12.5 Å². The van der Waals surface area contributed by atoms with Crippen LogP contribution in [0.5, 0.6) is 0 Å². The van der Waals surface area contributed by atoms with E-state index >= 15 is 0 Å². The fourth-order valence-corrected chi connectivity index (χ4v) is 2.48. The number of nitrogens with one attached hydrogen (secondary N) is 2. The molecule has 0 bridgehead atoms. The predicted molar refractivity (Wildman–Crippen MR) is 93.5 cm³/mol. The predicted octanol–water partition coefficient (Wildman–Crippen LogP) is 4.17. The summed E-state index contributed by atoms with van der Waals surface area (Å²) in [4.78, 5) is 12.1. The van der Waals surface area contributed by atoms with Crippen molar-refractivity contribution in [3.63, 3.8) is 0 Å². The Morgan fingerprint density at radius 1 is 0.955 bits per heavy atom. The van der Waals surface area contributed by atoms with Gasteiger partial charge in [-0.3, -0.25) is 4.79 Å². The van der Waals surface area contributed by atoms with E-state index in [9.17, 15) is 4.79 Å². The molecular weight excluding hydrogens is 272 g/mol. The zero-order chi connectivity index (χ0) is 15.9. The maximum atomic E-state index is 12.1. The van der Waals surface area contributed by atoms with E-state index in [1.165, 1.54) is 16.7 Å². The average Bonchev–Trinajstić information content (AvgIpc) is 2.54. The van der Waals surface area contributed by atoms with Crippen LogP contribution in [0.25, 0.3) is 0 Å². The van der Waals surface area contributed by atoms with Crippen LogP contribution in [0.1, 0.15) is 30.5 Å². The van der Waals surface area contributed by atoms with Gasteiger partial charge < -0.3 is 10.6 Å². The first-order chi connectivity index (χ1) is 10.6. The smallest absolute Gasteiger partial charge is 0.243 e. The molecule has 0 spiro atoms. The number of carbonyl (C=O) groups excluding carboxylic acids is 1. The number of anilines is 2. The summed E-state index contributed by atoms with van der Waals surface area (Å²) in [7, 11) is 0. The van der Waals surface area contributed by atoms with E-state index in [1.54, 1.807) is 0 Å². The Kier molecular flexibility index (Phi) is 5.59. The van der Waals surface area contributed by atoms with Crippen LogP contribution in [0, 0.1) is 6.92 Å². The maximum Gasteiger partial charge on any atom is 0.243 e. The lowest BCUT2D eigenvalue weighted by atomic mass is 10.0. The van der Waals surface area contributed by atoms with E-state index < -0.39 is 0 Å². The number of hydrogen-bond acceptors (Lipinski definition) is 2. The molecule has 116 valence electrons. The molecule has 3 heteroatoms. The summed E-state index contributed by atoms with van der Waals surface area (Å²) in [5, 5.41) is 6.22. The molecule has 2 N–H and O–H groups in total. The monoisotopic (exact) mass is 296 g/mol. The van der Waals surface area contributed by atoms with Crippen molar-refractivity contribution in [2.75, 3.05) is 17.2 Å². The quantitative estimate of drug-likeness (QED) is 0.840. The third-order valence-electron chi connectivity index (χ3n) is 3.76. The molecule has 0 atom stereocenters. The summed E-state index contributed by atoms with van der Waals surface area (Å²) in [6.45, 7) is 6.57. The number of benzene rings is 2. The maximum absolute atomic E-state index is 12.1. The molecule has 0 unspecified atom stereocenters. The highest BCUT2D eigenvalue weighted by Crippen LogP contribution is 2.22. The van der Waals surface area contributed by atoms with Gasteiger partial charge in [0.1, 0.15) is 0 Å². The molecule has 0 radical (unpaired) electrons. The van der Waals surface area contributed by atoms with Crippen molar-refractivity contribution < 1.29 is 4.79 Å². The fraction of sp³-hybridized carbons (Fsp3) is 0.316. The van der Waals surface area contributed by atoms with Gasteiger partial charge in [0.25, 0.3) is 0 Å². The fourth-order valence-electron chi connectivity index (χ4n) is 2.48. The number of carbonyl (C=O) groups is 1. The van der Waals surface area contributed by atoms with Gasteiger partial charge in [-0.25, -0.2) is 0 Å². The van der Waals surface area contributed by atoms with Crippen LogP contribution in [0.4, 0.5) is 11.4 Å². The van der Waals surface area contributed by atoms with Crippen molar-refractivity contribution in [3.8, 4) is 0 Å². The standard InChI is InChI=1S/C19H24N2O/c1-4-15-7-6-8-16(5-2)19(15)20-13-18(22)21-17-11-9-14(3)10-12-17/h6-12,20H,4-5,13H2,1-3H3,(H,21,22). The number of aryl methyl sites for hydroxylation is 3. The minimum atomic E-state index is -0.0307. The molecule has 0 aliphatic rings.